The third-order valence-electron chi connectivity index (χ3n) is 1.72. The Hall–Kier alpha value is -0.930. The predicted molar refractivity (Wildman–Crippen MR) is 47.6 cm³/mol. The lowest BCUT2D eigenvalue weighted by molar-refractivity contribution is 0.165. The molecule has 0 radical (unpaired) electrons. The minimum absolute atomic E-state index is 0.483. The van der Waals surface area contributed by atoms with Gasteiger partial charge in [-0.25, -0.2) is 0 Å². The van der Waals surface area contributed by atoms with Crippen LogP contribution in [-0.2, 0) is 0 Å². The van der Waals surface area contributed by atoms with Crippen molar-refractivity contribution in [2.24, 2.45) is 5.73 Å². The molecule has 3 heteroatoms. The second kappa shape index (κ2) is 4.18. The topological polar surface area (TPSA) is 59.1 Å². The molecule has 1 atom stereocenters. The first-order chi connectivity index (χ1) is 5.74. The van der Waals surface area contributed by atoms with Crippen LogP contribution in [0.4, 0.5) is 0 Å². The lowest BCUT2D eigenvalue weighted by Gasteiger charge is -2.08. The molecule has 12 heavy (non-hydrogen) atoms. The molecule has 0 aliphatic rings. The summed E-state index contributed by atoms with van der Waals surface area (Å²) in [6, 6.07) is 3.78. The van der Waals surface area contributed by atoms with Crippen molar-refractivity contribution in [3.8, 4) is 0 Å². The Morgan fingerprint density at radius 1 is 1.67 bits per heavy atom. The number of aliphatic hydroxyl groups excluding tert-OH is 1. The van der Waals surface area contributed by atoms with E-state index in [0.29, 0.717) is 18.7 Å². The van der Waals surface area contributed by atoms with Gasteiger partial charge in [-0.15, -0.1) is 0 Å². The number of aryl methyl sites for hydroxylation is 1. The largest absolute Gasteiger partial charge is 0.387 e. The van der Waals surface area contributed by atoms with E-state index in [1.165, 1.54) is 0 Å². The van der Waals surface area contributed by atoms with E-state index in [1.54, 1.807) is 6.20 Å². The fourth-order valence-electron chi connectivity index (χ4n) is 1.05. The second-order valence-electron chi connectivity index (χ2n) is 2.85. The van der Waals surface area contributed by atoms with Gasteiger partial charge in [0.25, 0.3) is 0 Å². The maximum atomic E-state index is 9.50. The average molecular weight is 166 g/mol. The molecule has 1 heterocycles. The van der Waals surface area contributed by atoms with Crippen LogP contribution in [0.15, 0.2) is 18.3 Å². The molecule has 0 saturated carbocycles. The summed E-state index contributed by atoms with van der Waals surface area (Å²) in [6.07, 6.45) is 1.75. The molecule has 1 aromatic rings. The highest BCUT2D eigenvalue weighted by Gasteiger charge is 2.06. The summed E-state index contributed by atoms with van der Waals surface area (Å²) >= 11 is 0. The Kier molecular flexibility index (Phi) is 3.19. The minimum atomic E-state index is -0.519. The number of hydrogen-bond acceptors (Lipinski definition) is 3. The van der Waals surface area contributed by atoms with Gasteiger partial charge < -0.3 is 10.8 Å². The van der Waals surface area contributed by atoms with Gasteiger partial charge in [-0.05, 0) is 37.6 Å². The highest BCUT2D eigenvalue weighted by Crippen LogP contribution is 2.13. The van der Waals surface area contributed by atoms with E-state index in [4.69, 9.17) is 5.73 Å². The predicted octanol–water partition coefficient (Wildman–Crippen LogP) is 0.772. The van der Waals surface area contributed by atoms with Gasteiger partial charge in [0.15, 0.2) is 0 Å². The minimum Gasteiger partial charge on any atom is -0.387 e. The first-order valence-corrected chi connectivity index (χ1v) is 4.04. The molecule has 0 saturated heterocycles. The van der Waals surface area contributed by atoms with Crippen molar-refractivity contribution >= 4 is 0 Å². The van der Waals surface area contributed by atoms with Gasteiger partial charge in [-0.3, -0.25) is 4.98 Å². The molecule has 0 aromatic carbocycles. The molecule has 0 aliphatic heterocycles. The Balaban J connectivity index is 2.73. The molecule has 1 rings (SSSR count). The first kappa shape index (κ1) is 9.16. The monoisotopic (exact) mass is 166 g/mol. The van der Waals surface area contributed by atoms with Crippen LogP contribution in [0.1, 0.15) is 23.8 Å². The van der Waals surface area contributed by atoms with E-state index < -0.39 is 6.10 Å². The van der Waals surface area contributed by atoms with Crippen molar-refractivity contribution in [1.29, 1.82) is 0 Å². The third-order valence-corrected chi connectivity index (χ3v) is 1.72. The number of hydrogen-bond donors (Lipinski definition) is 2. The van der Waals surface area contributed by atoms with Gasteiger partial charge in [0.05, 0.1) is 11.8 Å². The van der Waals surface area contributed by atoms with E-state index in [0.717, 1.165) is 5.56 Å². The van der Waals surface area contributed by atoms with Gasteiger partial charge in [-0.1, -0.05) is 0 Å². The molecule has 0 bridgehead atoms. The maximum absolute atomic E-state index is 9.50. The third kappa shape index (κ3) is 2.29. The molecule has 0 amide bonds. The Morgan fingerprint density at radius 2 is 2.42 bits per heavy atom. The van der Waals surface area contributed by atoms with Crippen molar-refractivity contribution in [3.05, 3.63) is 29.6 Å². The number of aromatic nitrogens is 1. The standard InChI is InChI=1S/C9H14N2O/c1-7-3-5-11-8(6-7)9(12)2-4-10/h3,5-6,9,12H,2,4,10H2,1H3/t9-/m0/s1. The quantitative estimate of drug-likeness (QED) is 0.697. The van der Waals surface area contributed by atoms with Crippen LogP contribution in [0.25, 0.3) is 0 Å². The van der Waals surface area contributed by atoms with E-state index in [-0.39, 0.29) is 0 Å². The second-order valence-corrected chi connectivity index (χ2v) is 2.85. The molecule has 0 unspecified atom stereocenters. The van der Waals surface area contributed by atoms with Crippen molar-refractivity contribution in [3.63, 3.8) is 0 Å². The van der Waals surface area contributed by atoms with Crippen LogP contribution in [0, 0.1) is 6.92 Å². The van der Waals surface area contributed by atoms with Gasteiger partial charge in [0.2, 0.25) is 0 Å². The van der Waals surface area contributed by atoms with Crippen LogP contribution in [0.2, 0.25) is 0 Å². The number of nitrogens with zero attached hydrogens (tertiary/aromatic N) is 1. The summed E-state index contributed by atoms with van der Waals surface area (Å²) in [5, 5.41) is 9.50. The zero-order valence-electron chi connectivity index (χ0n) is 7.20. The van der Waals surface area contributed by atoms with Crippen LogP contribution >= 0.6 is 0 Å². The normalized spacial score (nSPS) is 12.9. The van der Waals surface area contributed by atoms with Crippen molar-refractivity contribution < 1.29 is 5.11 Å². The van der Waals surface area contributed by atoms with Gasteiger partial charge in [0, 0.05) is 6.20 Å². The van der Waals surface area contributed by atoms with Crippen molar-refractivity contribution in [2.45, 2.75) is 19.4 Å². The van der Waals surface area contributed by atoms with E-state index >= 15 is 0 Å². The summed E-state index contributed by atoms with van der Waals surface area (Å²) in [5.41, 5.74) is 7.13. The highest BCUT2D eigenvalue weighted by molar-refractivity contribution is 5.16. The molecule has 0 spiro atoms. The average Bonchev–Trinajstić information content (AvgIpc) is 2.05. The van der Waals surface area contributed by atoms with E-state index in [9.17, 15) is 5.11 Å². The summed E-state index contributed by atoms with van der Waals surface area (Å²) < 4.78 is 0. The van der Waals surface area contributed by atoms with E-state index in [2.05, 4.69) is 4.98 Å². The summed E-state index contributed by atoms with van der Waals surface area (Å²) in [7, 11) is 0. The Labute approximate surface area is 72.2 Å². The lowest BCUT2D eigenvalue weighted by atomic mass is 10.1. The summed E-state index contributed by atoms with van der Waals surface area (Å²) in [6.45, 7) is 2.46. The fourth-order valence-corrected chi connectivity index (χ4v) is 1.05. The highest BCUT2D eigenvalue weighted by atomic mass is 16.3. The smallest absolute Gasteiger partial charge is 0.0971 e. The van der Waals surface area contributed by atoms with Crippen LogP contribution in [0.5, 0.6) is 0 Å². The van der Waals surface area contributed by atoms with Gasteiger partial charge in [0.1, 0.15) is 0 Å². The fraction of sp³-hybridized carbons (Fsp3) is 0.444. The lowest BCUT2D eigenvalue weighted by Crippen LogP contribution is -2.08. The van der Waals surface area contributed by atoms with Crippen molar-refractivity contribution in [2.75, 3.05) is 6.54 Å². The van der Waals surface area contributed by atoms with E-state index in [1.807, 2.05) is 19.1 Å². The molecule has 3 nitrogen and oxygen atoms in total. The van der Waals surface area contributed by atoms with Gasteiger partial charge >= 0.3 is 0 Å². The van der Waals surface area contributed by atoms with Crippen LogP contribution in [-0.4, -0.2) is 16.6 Å². The zero-order chi connectivity index (χ0) is 8.97. The summed E-state index contributed by atoms with van der Waals surface area (Å²) in [5.74, 6) is 0. The maximum Gasteiger partial charge on any atom is 0.0971 e. The molecular weight excluding hydrogens is 152 g/mol. The first-order valence-electron chi connectivity index (χ1n) is 4.04. The molecule has 1 aromatic heterocycles. The summed E-state index contributed by atoms with van der Waals surface area (Å²) in [4.78, 5) is 4.05. The molecule has 0 fully saturated rings. The number of aliphatic hydroxyl groups is 1. The number of nitrogens with two attached hydrogens (primary N) is 1. The number of rotatable bonds is 3. The Bertz CT molecular complexity index is 250. The SMILES string of the molecule is Cc1ccnc([C@@H](O)CCN)c1. The zero-order valence-corrected chi connectivity index (χ0v) is 7.20. The van der Waals surface area contributed by atoms with Crippen LogP contribution in [0.3, 0.4) is 0 Å². The molecule has 66 valence electrons. The molecule has 0 aliphatic carbocycles. The molecule has 3 N–H and O–H groups in total. The van der Waals surface area contributed by atoms with Crippen LogP contribution < -0.4 is 5.73 Å². The number of pyridine rings is 1. The molecular formula is C9H14N2O. The van der Waals surface area contributed by atoms with Crippen molar-refractivity contribution in [1.82, 2.24) is 4.98 Å². The van der Waals surface area contributed by atoms with Gasteiger partial charge in [-0.2, -0.15) is 0 Å². The Morgan fingerprint density at radius 3 is 3.00 bits per heavy atom.